The Labute approximate surface area is 232 Å². The van der Waals surface area contributed by atoms with E-state index >= 15 is 0 Å². The Bertz CT molecular complexity index is 1560. The number of rotatable bonds is 5. The number of carbonyl (C=O) groups is 2. The Balaban J connectivity index is 1.18. The maximum Gasteiger partial charge on any atom is 0.257 e. The molecule has 2 atom stereocenters. The number of phenolic OH excluding ortho intramolecular Hbond substituents is 1. The minimum atomic E-state index is -0.180. The highest BCUT2D eigenvalue weighted by Crippen LogP contribution is 2.35. The van der Waals surface area contributed by atoms with Gasteiger partial charge in [-0.2, -0.15) is 0 Å². The number of phenols is 1. The molecule has 2 heterocycles. The van der Waals surface area contributed by atoms with E-state index < -0.39 is 0 Å². The fourth-order valence-corrected chi connectivity index (χ4v) is 6.87. The summed E-state index contributed by atoms with van der Waals surface area (Å²) in [6.45, 7) is 0.673. The van der Waals surface area contributed by atoms with Gasteiger partial charge in [-0.15, -0.1) is 11.3 Å². The number of hydrogen-bond donors (Lipinski definition) is 2. The molecule has 1 aromatic heterocycles. The second-order valence-corrected chi connectivity index (χ2v) is 11.8. The predicted octanol–water partition coefficient (Wildman–Crippen LogP) is 5.65. The van der Waals surface area contributed by atoms with Crippen LogP contribution in [0.15, 0.2) is 60.7 Å². The third kappa shape index (κ3) is 5.14. The van der Waals surface area contributed by atoms with Gasteiger partial charge in [0.1, 0.15) is 5.75 Å². The molecule has 7 nitrogen and oxygen atoms in total. The molecule has 6 rings (SSSR count). The molecule has 200 valence electrons. The number of nitrogens with zero attached hydrogens (tertiary/aromatic N) is 3. The van der Waals surface area contributed by atoms with Gasteiger partial charge in [0.05, 0.1) is 11.7 Å². The van der Waals surface area contributed by atoms with Gasteiger partial charge >= 0.3 is 0 Å². The third-order valence-electron chi connectivity index (χ3n) is 7.98. The first kappa shape index (κ1) is 25.5. The molecule has 8 heteroatoms. The number of amides is 2. The van der Waals surface area contributed by atoms with Crippen molar-refractivity contribution in [1.82, 2.24) is 14.8 Å². The molecule has 3 aromatic carbocycles. The summed E-state index contributed by atoms with van der Waals surface area (Å²) >= 11 is 1.58. The van der Waals surface area contributed by atoms with Crippen LogP contribution in [0.2, 0.25) is 0 Å². The lowest BCUT2D eigenvalue weighted by Gasteiger charge is -2.27. The smallest absolute Gasteiger partial charge is 0.257 e. The van der Waals surface area contributed by atoms with Crippen LogP contribution >= 0.6 is 11.3 Å². The van der Waals surface area contributed by atoms with Crippen LogP contribution in [0.4, 0.5) is 5.13 Å². The molecule has 0 saturated carbocycles. The fourth-order valence-electron chi connectivity index (χ4n) is 5.80. The zero-order chi connectivity index (χ0) is 27.1. The van der Waals surface area contributed by atoms with E-state index in [1.165, 1.54) is 4.88 Å². The van der Waals surface area contributed by atoms with Gasteiger partial charge in [0.25, 0.3) is 11.8 Å². The van der Waals surface area contributed by atoms with Crippen molar-refractivity contribution >= 4 is 39.1 Å². The summed E-state index contributed by atoms with van der Waals surface area (Å²) in [4.78, 5) is 36.9. The van der Waals surface area contributed by atoms with Gasteiger partial charge < -0.3 is 14.9 Å². The topological polar surface area (TPSA) is 85.8 Å². The molecular weight excluding hydrogens is 508 g/mol. The van der Waals surface area contributed by atoms with Crippen molar-refractivity contribution < 1.29 is 14.7 Å². The summed E-state index contributed by atoms with van der Waals surface area (Å²) in [5.41, 5.74) is 3.26. The number of hydrogen-bond acceptors (Lipinski definition) is 6. The number of aromatic hydroxyl groups is 1. The monoisotopic (exact) mass is 540 g/mol. The summed E-state index contributed by atoms with van der Waals surface area (Å²) in [6, 6.07) is 18.8. The lowest BCUT2D eigenvalue weighted by Crippen LogP contribution is -2.32. The average molecular weight is 541 g/mol. The van der Waals surface area contributed by atoms with Gasteiger partial charge in [-0.3, -0.25) is 14.9 Å². The van der Waals surface area contributed by atoms with Crippen LogP contribution in [0, 0.1) is 0 Å². The number of thiazole rings is 1. The second-order valence-electron chi connectivity index (χ2n) is 10.7. The zero-order valence-electron chi connectivity index (χ0n) is 22.2. The van der Waals surface area contributed by atoms with Crippen molar-refractivity contribution in [1.29, 1.82) is 0 Å². The number of anilines is 1. The van der Waals surface area contributed by atoms with Gasteiger partial charge in [-0.1, -0.05) is 24.3 Å². The normalized spacial score (nSPS) is 18.9. The summed E-state index contributed by atoms with van der Waals surface area (Å²) in [5, 5.41) is 15.2. The second kappa shape index (κ2) is 10.4. The Morgan fingerprint density at radius 1 is 1.03 bits per heavy atom. The molecule has 0 radical (unpaired) electrons. The summed E-state index contributed by atoms with van der Waals surface area (Å²) < 4.78 is 0. The number of aromatic nitrogens is 1. The van der Waals surface area contributed by atoms with E-state index in [0.717, 1.165) is 54.1 Å². The van der Waals surface area contributed by atoms with Crippen LogP contribution in [0.1, 0.15) is 62.2 Å². The molecule has 0 unspecified atom stereocenters. The standard InChI is InChI=1S/C31H32N4O3S/c1-34(2)24-11-13-26-28(18-24)39-31(32-26)33-29(37)22-6-3-5-21(16-22)27-7-4-14-35(27)30(38)23-9-8-20-17-25(36)12-10-19(20)15-23/h3,5-6,8-10,12,15-17,24,27,36H,4,7,11,13-14,18H2,1-2H3,(H,32,33,37)/t24-,27+/m0/s1. The van der Waals surface area contributed by atoms with E-state index in [1.807, 2.05) is 53.4 Å². The SMILES string of the molecule is CN(C)[C@H]1CCc2nc(NC(=O)c3cccc([C@H]4CCCN4C(=O)c4ccc5cc(O)ccc5c4)c3)sc2C1. The van der Waals surface area contributed by atoms with E-state index in [2.05, 4.69) is 24.3 Å². The molecule has 1 aliphatic carbocycles. The lowest BCUT2D eigenvalue weighted by atomic mass is 9.97. The number of carbonyl (C=O) groups excluding carboxylic acids is 2. The summed E-state index contributed by atoms with van der Waals surface area (Å²) in [6.07, 6.45) is 4.75. The highest BCUT2D eigenvalue weighted by Gasteiger charge is 2.31. The molecule has 1 saturated heterocycles. The number of aryl methyl sites for hydroxylation is 1. The number of fused-ring (bicyclic) bond motifs is 2. The minimum absolute atomic E-state index is 0.0216. The van der Waals surface area contributed by atoms with Gasteiger partial charge in [-0.05, 0) is 98.9 Å². The van der Waals surface area contributed by atoms with E-state index in [4.69, 9.17) is 4.98 Å². The molecule has 2 amide bonds. The predicted molar refractivity (Wildman–Crippen MR) is 155 cm³/mol. The maximum atomic E-state index is 13.6. The minimum Gasteiger partial charge on any atom is -0.508 e. The molecule has 2 aliphatic rings. The lowest BCUT2D eigenvalue weighted by molar-refractivity contribution is 0.0736. The highest BCUT2D eigenvalue weighted by molar-refractivity contribution is 7.15. The van der Waals surface area contributed by atoms with E-state index in [9.17, 15) is 14.7 Å². The largest absolute Gasteiger partial charge is 0.508 e. The Morgan fingerprint density at radius 3 is 2.69 bits per heavy atom. The van der Waals surface area contributed by atoms with Crippen molar-refractivity contribution in [2.75, 3.05) is 26.0 Å². The number of likely N-dealkylation sites (tertiary alicyclic amines) is 1. The van der Waals surface area contributed by atoms with Crippen LogP contribution in [0.3, 0.4) is 0 Å². The van der Waals surface area contributed by atoms with Gasteiger partial charge in [0.2, 0.25) is 0 Å². The van der Waals surface area contributed by atoms with E-state index in [1.54, 1.807) is 23.5 Å². The molecule has 4 aromatic rings. The quantitative estimate of drug-likeness (QED) is 0.342. The highest BCUT2D eigenvalue weighted by atomic mass is 32.1. The van der Waals surface area contributed by atoms with Crippen LogP contribution in [-0.2, 0) is 12.8 Å². The first-order valence-corrected chi connectivity index (χ1v) is 14.3. The summed E-state index contributed by atoms with van der Waals surface area (Å²) in [5.74, 6) is 0.00464. The Kier molecular flexibility index (Phi) is 6.83. The van der Waals surface area contributed by atoms with Crippen molar-refractivity contribution in [2.45, 2.75) is 44.2 Å². The maximum absolute atomic E-state index is 13.6. The number of benzene rings is 3. The van der Waals surface area contributed by atoms with Crippen LogP contribution in [-0.4, -0.2) is 58.4 Å². The third-order valence-corrected chi connectivity index (χ3v) is 9.02. The van der Waals surface area contributed by atoms with Crippen LogP contribution in [0.25, 0.3) is 10.8 Å². The van der Waals surface area contributed by atoms with E-state index in [-0.39, 0.29) is 23.6 Å². The molecule has 0 bridgehead atoms. The molecular formula is C31H32N4O3S. The van der Waals surface area contributed by atoms with Gasteiger partial charge in [-0.25, -0.2) is 4.98 Å². The van der Waals surface area contributed by atoms with Crippen molar-refractivity contribution in [3.05, 3.63) is 87.9 Å². The molecule has 39 heavy (non-hydrogen) atoms. The Hall–Kier alpha value is -3.75. The first-order chi connectivity index (χ1) is 18.9. The van der Waals surface area contributed by atoms with Crippen molar-refractivity contribution in [3.63, 3.8) is 0 Å². The zero-order valence-corrected chi connectivity index (χ0v) is 23.0. The number of nitrogens with one attached hydrogen (secondary N) is 1. The molecule has 0 spiro atoms. The molecule has 1 fully saturated rings. The van der Waals surface area contributed by atoms with Crippen LogP contribution in [0.5, 0.6) is 5.75 Å². The molecule has 1 aliphatic heterocycles. The van der Waals surface area contributed by atoms with Crippen molar-refractivity contribution in [3.8, 4) is 5.75 Å². The fraction of sp³-hybridized carbons (Fsp3) is 0.323. The van der Waals surface area contributed by atoms with Gasteiger partial charge in [0.15, 0.2) is 5.13 Å². The molecule has 2 N–H and O–H groups in total. The Morgan fingerprint density at radius 2 is 1.85 bits per heavy atom. The van der Waals surface area contributed by atoms with Crippen LogP contribution < -0.4 is 5.32 Å². The van der Waals surface area contributed by atoms with E-state index in [0.29, 0.717) is 28.8 Å². The number of likely N-dealkylation sites (N-methyl/N-ethyl adjacent to an activating group) is 1. The van der Waals surface area contributed by atoms with Crippen molar-refractivity contribution in [2.24, 2.45) is 0 Å². The van der Waals surface area contributed by atoms with Gasteiger partial charge in [0, 0.05) is 28.6 Å². The average Bonchev–Trinajstić information content (AvgIpc) is 3.59. The first-order valence-electron chi connectivity index (χ1n) is 13.5. The summed E-state index contributed by atoms with van der Waals surface area (Å²) in [7, 11) is 4.22.